The van der Waals surface area contributed by atoms with Crippen molar-refractivity contribution >= 4 is 11.8 Å². The largest absolute Gasteiger partial charge is 0.490 e. The average molecular weight is 670 g/mol. The standard InChI is InChI=1S/C20H26F3NO3.C16H19F3O/c1-19(2,3)27-18(25)24-11-10-13-12-16(8-9-17(13)24)26-15-6-4-14(5-7-15)20(21,22)23;17-16(18,19)13-5-8-14(9-6-13)20-15-7-4-11-2-1-3-12(11)10-15/h8-9,12,14-15H,4-7,10-11H2,1-3H3;4,7,10,13-14H,1-3,5-6,8-9H2. The molecule has 4 aliphatic rings. The van der Waals surface area contributed by atoms with Gasteiger partial charge in [0.15, 0.2) is 0 Å². The molecule has 1 heterocycles. The molecule has 2 saturated carbocycles. The molecule has 0 spiro atoms. The Kier molecular flexibility index (Phi) is 10.6. The number of amides is 1. The summed E-state index contributed by atoms with van der Waals surface area (Å²) in [6.45, 7) is 6.02. The van der Waals surface area contributed by atoms with Crippen LogP contribution in [0.25, 0.3) is 0 Å². The van der Waals surface area contributed by atoms with E-state index in [0.29, 0.717) is 44.4 Å². The third kappa shape index (κ3) is 9.50. The Morgan fingerprint density at radius 2 is 1.15 bits per heavy atom. The summed E-state index contributed by atoms with van der Waals surface area (Å²) < 4.78 is 93.3. The maximum atomic E-state index is 12.8. The van der Waals surface area contributed by atoms with E-state index < -0.39 is 29.8 Å². The van der Waals surface area contributed by atoms with Crippen molar-refractivity contribution in [3.8, 4) is 11.5 Å². The summed E-state index contributed by atoms with van der Waals surface area (Å²) in [6, 6.07) is 11.6. The van der Waals surface area contributed by atoms with Gasteiger partial charge in [-0.05, 0) is 145 Å². The highest BCUT2D eigenvalue weighted by Crippen LogP contribution is 2.40. The lowest BCUT2D eigenvalue weighted by molar-refractivity contribution is -0.186. The van der Waals surface area contributed by atoms with Crippen molar-refractivity contribution in [3.05, 3.63) is 53.1 Å². The van der Waals surface area contributed by atoms with Crippen molar-refractivity contribution in [2.45, 2.75) is 128 Å². The van der Waals surface area contributed by atoms with Crippen LogP contribution in [-0.2, 0) is 24.0 Å². The molecule has 0 saturated heterocycles. The first-order valence-electron chi connectivity index (χ1n) is 16.8. The zero-order valence-electron chi connectivity index (χ0n) is 27.3. The molecular formula is C36H45F6NO4. The number of hydrogen-bond acceptors (Lipinski definition) is 4. The van der Waals surface area contributed by atoms with Gasteiger partial charge in [-0.15, -0.1) is 0 Å². The maximum absolute atomic E-state index is 12.8. The number of benzene rings is 2. The third-order valence-corrected chi connectivity index (χ3v) is 9.51. The summed E-state index contributed by atoms with van der Waals surface area (Å²) in [5, 5.41) is 0. The number of nitrogens with zero attached hydrogens (tertiary/aromatic N) is 1. The Hall–Kier alpha value is -3.11. The van der Waals surface area contributed by atoms with E-state index >= 15 is 0 Å². The molecule has 0 unspecified atom stereocenters. The normalized spacial score (nSPS) is 24.5. The number of aryl methyl sites for hydroxylation is 2. The summed E-state index contributed by atoms with van der Waals surface area (Å²) in [6.07, 6.45) is -2.23. The Morgan fingerprint density at radius 1 is 0.660 bits per heavy atom. The molecular weight excluding hydrogens is 624 g/mol. The zero-order valence-corrected chi connectivity index (χ0v) is 27.3. The fourth-order valence-electron chi connectivity index (χ4n) is 6.98. The fraction of sp³-hybridized carbons (Fsp3) is 0.639. The predicted octanol–water partition coefficient (Wildman–Crippen LogP) is 10.2. The van der Waals surface area contributed by atoms with Crippen LogP contribution in [0.3, 0.4) is 0 Å². The molecule has 2 aromatic rings. The van der Waals surface area contributed by atoms with E-state index in [2.05, 4.69) is 12.1 Å². The van der Waals surface area contributed by atoms with Gasteiger partial charge in [0.05, 0.1) is 29.7 Å². The zero-order chi connectivity index (χ0) is 34.0. The van der Waals surface area contributed by atoms with Crippen molar-refractivity contribution in [1.29, 1.82) is 0 Å². The highest BCUT2D eigenvalue weighted by Gasteiger charge is 2.43. The first kappa shape index (κ1) is 35.2. The van der Waals surface area contributed by atoms with E-state index in [-0.39, 0.29) is 44.0 Å². The lowest BCUT2D eigenvalue weighted by Gasteiger charge is -2.30. The molecule has 3 aliphatic carbocycles. The molecule has 0 radical (unpaired) electrons. The molecule has 0 N–H and O–H groups in total. The van der Waals surface area contributed by atoms with Gasteiger partial charge in [-0.2, -0.15) is 26.3 Å². The molecule has 260 valence electrons. The minimum absolute atomic E-state index is 0.0620. The van der Waals surface area contributed by atoms with Crippen LogP contribution in [0.15, 0.2) is 36.4 Å². The van der Waals surface area contributed by atoms with Crippen LogP contribution in [-0.4, -0.2) is 42.8 Å². The lowest BCUT2D eigenvalue weighted by atomic mass is 9.87. The predicted molar refractivity (Wildman–Crippen MR) is 167 cm³/mol. The van der Waals surface area contributed by atoms with E-state index in [1.54, 1.807) is 11.0 Å². The number of anilines is 1. The average Bonchev–Trinajstić information content (AvgIpc) is 3.63. The van der Waals surface area contributed by atoms with Crippen molar-refractivity contribution in [2.75, 3.05) is 11.4 Å². The van der Waals surface area contributed by atoms with Crippen molar-refractivity contribution < 1.29 is 45.3 Å². The second kappa shape index (κ2) is 14.2. The van der Waals surface area contributed by atoms with Crippen LogP contribution in [0.4, 0.5) is 36.8 Å². The molecule has 1 amide bonds. The lowest BCUT2D eigenvalue weighted by Crippen LogP contribution is -2.35. The van der Waals surface area contributed by atoms with Crippen LogP contribution in [0.5, 0.6) is 11.5 Å². The van der Waals surface area contributed by atoms with Gasteiger partial charge < -0.3 is 14.2 Å². The molecule has 2 fully saturated rings. The number of fused-ring (bicyclic) bond motifs is 2. The summed E-state index contributed by atoms with van der Waals surface area (Å²) in [5.74, 6) is -0.876. The molecule has 0 atom stereocenters. The van der Waals surface area contributed by atoms with Gasteiger partial charge in [0.2, 0.25) is 0 Å². The number of carbonyl (C=O) groups excluding carboxylic acids is 1. The molecule has 5 nitrogen and oxygen atoms in total. The second-order valence-electron chi connectivity index (χ2n) is 14.2. The van der Waals surface area contributed by atoms with Crippen molar-refractivity contribution in [1.82, 2.24) is 0 Å². The minimum Gasteiger partial charge on any atom is -0.490 e. The van der Waals surface area contributed by atoms with Crippen LogP contribution in [0, 0.1) is 11.8 Å². The monoisotopic (exact) mass is 669 g/mol. The minimum atomic E-state index is -4.11. The summed E-state index contributed by atoms with van der Waals surface area (Å²) in [4.78, 5) is 13.9. The van der Waals surface area contributed by atoms with Gasteiger partial charge in [0.1, 0.15) is 17.1 Å². The van der Waals surface area contributed by atoms with Crippen molar-refractivity contribution in [2.24, 2.45) is 11.8 Å². The quantitative estimate of drug-likeness (QED) is 0.304. The molecule has 0 aromatic heterocycles. The van der Waals surface area contributed by atoms with Crippen molar-refractivity contribution in [3.63, 3.8) is 0 Å². The number of alkyl halides is 6. The van der Waals surface area contributed by atoms with Crippen LogP contribution in [0.2, 0.25) is 0 Å². The third-order valence-electron chi connectivity index (χ3n) is 9.51. The number of rotatable bonds is 4. The van der Waals surface area contributed by atoms with Gasteiger partial charge in [-0.25, -0.2) is 4.79 Å². The number of ether oxygens (including phenoxy) is 3. The van der Waals surface area contributed by atoms with E-state index in [0.717, 1.165) is 29.8 Å². The number of halogens is 6. The highest BCUT2D eigenvalue weighted by atomic mass is 19.4. The Labute approximate surface area is 272 Å². The Balaban J connectivity index is 0.000000193. The van der Waals surface area contributed by atoms with E-state index in [1.165, 1.54) is 17.5 Å². The van der Waals surface area contributed by atoms with Gasteiger partial charge in [0.25, 0.3) is 0 Å². The molecule has 6 rings (SSSR count). The van der Waals surface area contributed by atoms with E-state index in [1.807, 2.05) is 39.0 Å². The van der Waals surface area contributed by atoms with E-state index in [4.69, 9.17) is 14.2 Å². The summed E-state index contributed by atoms with van der Waals surface area (Å²) >= 11 is 0. The topological polar surface area (TPSA) is 48.0 Å². The Morgan fingerprint density at radius 3 is 1.66 bits per heavy atom. The van der Waals surface area contributed by atoms with Gasteiger partial charge in [0, 0.05) is 6.54 Å². The highest BCUT2D eigenvalue weighted by molar-refractivity contribution is 5.90. The SMILES string of the molecule is CC(C)(C)OC(=O)N1CCc2cc(OC3CCC(C(F)(F)F)CC3)ccc21.FC(F)(F)C1CCC(Oc2ccc3c(c2)CCC3)CC1. The smallest absolute Gasteiger partial charge is 0.414 e. The van der Waals surface area contributed by atoms with Gasteiger partial charge in [-0.3, -0.25) is 4.90 Å². The molecule has 11 heteroatoms. The van der Waals surface area contributed by atoms with Gasteiger partial charge >= 0.3 is 18.4 Å². The summed E-state index contributed by atoms with van der Waals surface area (Å²) in [5.41, 5.74) is 3.96. The van der Waals surface area contributed by atoms with E-state index in [9.17, 15) is 31.1 Å². The molecule has 47 heavy (non-hydrogen) atoms. The summed E-state index contributed by atoms with van der Waals surface area (Å²) in [7, 11) is 0. The first-order valence-corrected chi connectivity index (χ1v) is 16.8. The second-order valence-corrected chi connectivity index (χ2v) is 14.2. The van der Waals surface area contributed by atoms with Crippen LogP contribution >= 0.6 is 0 Å². The maximum Gasteiger partial charge on any atom is 0.414 e. The molecule has 1 aliphatic heterocycles. The van der Waals surface area contributed by atoms with Crippen LogP contribution in [0.1, 0.15) is 95.2 Å². The fourth-order valence-corrected chi connectivity index (χ4v) is 6.98. The van der Waals surface area contributed by atoms with Crippen LogP contribution < -0.4 is 14.4 Å². The van der Waals surface area contributed by atoms with Gasteiger partial charge in [-0.1, -0.05) is 6.07 Å². The molecule has 0 bridgehead atoms. The number of carbonyl (C=O) groups is 1. The molecule has 2 aromatic carbocycles. The first-order chi connectivity index (χ1) is 22.0. The number of hydrogen-bond donors (Lipinski definition) is 0. The Bertz CT molecular complexity index is 1370.